The first-order valence-corrected chi connectivity index (χ1v) is 8.18. The van der Waals surface area contributed by atoms with Gasteiger partial charge in [0.05, 0.1) is 5.56 Å². The second kappa shape index (κ2) is 6.64. The third-order valence-electron chi connectivity index (χ3n) is 4.13. The van der Waals surface area contributed by atoms with Gasteiger partial charge in [0.25, 0.3) is 0 Å². The number of carbonyl (C=O) groups excluding carboxylic acids is 1. The zero-order chi connectivity index (χ0) is 18.1. The molecule has 0 aliphatic carbocycles. The van der Waals surface area contributed by atoms with E-state index in [-0.39, 0.29) is 23.3 Å². The molecule has 0 bridgehead atoms. The van der Waals surface area contributed by atoms with E-state index in [0.717, 1.165) is 0 Å². The predicted octanol–water partition coefficient (Wildman–Crippen LogP) is 3.89. The van der Waals surface area contributed by atoms with Crippen LogP contribution in [0.2, 0.25) is 5.02 Å². The van der Waals surface area contributed by atoms with Gasteiger partial charge in [-0.05, 0) is 59.5 Å². The van der Waals surface area contributed by atoms with E-state index in [9.17, 15) is 9.90 Å². The number of ketones is 1. The molecular formula is C18H17ClN4O2. The Labute approximate surface area is 149 Å². The lowest BCUT2D eigenvalue weighted by atomic mass is 9.88. The van der Waals surface area contributed by atoms with E-state index >= 15 is 0 Å². The highest BCUT2D eigenvalue weighted by molar-refractivity contribution is 6.30. The Kier molecular flexibility index (Phi) is 4.55. The number of carbonyl (C=O) groups is 1. The van der Waals surface area contributed by atoms with Crippen LogP contribution in [0.4, 0.5) is 0 Å². The number of aromatic amines is 1. The molecule has 2 aromatic carbocycles. The number of aromatic hydroxyl groups is 1. The molecule has 1 aromatic heterocycles. The van der Waals surface area contributed by atoms with E-state index in [2.05, 4.69) is 20.6 Å². The van der Waals surface area contributed by atoms with Crippen molar-refractivity contribution in [1.29, 1.82) is 0 Å². The van der Waals surface area contributed by atoms with Crippen LogP contribution >= 0.6 is 11.6 Å². The maximum Gasteiger partial charge on any atom is 0.208 e. The smallest absolute Gasteiger partial charge is 0.208 e. The molecule has 0 amide bonds. The number of aromatic nitrogens is 4. The molecule has 7 heteroatoms. The van der Waals surface area contributed by atoms with Crippen molar-refractivity contribution in [2.45, 2.75) is 26.7 Å². The lowest BCUT2D eigenvalue weighted by Crippen LogP contribution is -2.07. The molecule has 0 atom stereocenters. The summed E-state index contributed by atoms with van der Waals surface area (Å²) in [6, 6.07) is 8.44. The fourth-order valence-electron chi connectivity index (χ4n) is 2.76. The van der Waals surface area contributed by atoms with Crippen LogP contribution in [0.1, 0.15) is 46.8 Å². The van der Waals surface area contributed by atoms with Gasteiger partial charge in [-0.3, -0.25) is 4.79 Å². The standard InChI is InChI=1S/C18H17ClN4O2/c1-9(2)13-8-14(16(24)11-4-6-12(19)7-5-11)10(3)15(17(13)25)18-20-22-23-21-18/h4-9,25H,1-3H3,(H,20,21,22,23). The lowest BCUT2D eigenvalue weighted by Gasteiger charge is -2.17. The number of phenols is 1. The Morgan fingerprint density at radius 1 is 1.24 bits per heavy atom. The minimum absolute atomic E-state index is 0.0167. The molecule has 25 heavy (non-hydrogen) atoms. The van der Waals surface area contributed by atoms with E-state index in [1.807, 2.05) is 13.8 Å². The summed E-state index contributed by atoms with van der Waals surface area (Å²) < 4.78 is 0. The highest BCUT2D eigenvalue weighted by Gasteiger charge is 2.24. The van der Waals surface area contributed by atoms with Gasteiger partial charge in [0.1, 0.15) is 5.75 Å². The summed E-state index contributed by atoms with van der Waals surface area (Å²) in [5.74, 6) is 0.188. The zero-order valence-electron chi connectivity index (χ0n) is 14.0. The summed E-state index contributed by atoms with van der Waals surface area (Å²) in [6.45, 7) is 5.65. The lowest BCUT2D eigenvalue weighted by molar-refractivity contribution is 0.103. The van der Waals surface area contributed by atoms with Gasteiger partial charge in [-0.25, -0.2) is 0 Å². The van der Waals surface area contributed by atoms with Crippen molar-refractivity contribution in [1.82, 2.24) is 20.6 Å². The molecule has 1 heterocycles. The average molecular weight is 357 g/mol. The van der Waals surface area contributed by atoms with E-state index in [1.165, 1.54) is 0 Å². The van der Waals surface area contributed by atoms with Crippen molar-refractivity contribution < 1.29 is 9.90 Å². The van der Waals surface area contributed by atoms with Crippen molar-refractivity contribution >= 4 is 17.4 Å². The van der Waals surface area contributed by atoms with Crippen LogP contribution in [0.3, 0.4) is 0 Å². The Hall–Kier alpha value is -2.73. The average Bonchev–Trinajstić information content (AvgIpc) is 3.09. The number of benzene rings is 2. The molecule has 0 saturated heterocycles. The summed E-state index contributed by atoms with van der Waals surface area (Å²) in [5.41, 5.74) is 2.68. The van der Waals surface area contributed by atoms with Gasteiger partial charge in [0, 0.05) is 16.1 Å². The van der Waals surface area contributed by atoms with Crippen LogP contribution in [-0.2, 0) is 0 Å². The van der Waals surface area contributed by atoms with Crippen molar-refractivity contribution in [2.24, 2.45) is 0 Å². The van der Waals surface area contributed by atoms with E-state index < -0.39 is 0 Å². The molecule has 0 aliphatic rings. The SMILES string of the molecule is Cc1c(C(=O)c2ccc(Cl)cc2)cc(C(C)C)c(O)c1-c1nn[nH]n1. The van der Waals surface area contributed by atoms with Crippen LogP contribution < -0.4 is 0 Å². The fraction of sp³-hybridized carbons (Fsp3) is 0.222. The molecule has 0 aliphatic heterocycles. The molecular weight excluding hydrogens is 340 g/mol. The van der Waals surface area contributed by atoms with Gasteiger partial charge in [-0.2, -0.15) is 5.21 Å². The largest absolute Gasteiger partial charge is 0.507 e. The van der Waals surface area contributed by atoms with Gasteiger partial charge in [-0.1, -0.05) is 25.4 Å². The maximum absolute atomic E-state index is 13.0. The minimum Gasteiger partial charge on any atom is -0.507 e. The Balaban J connectivity index is 2.23. The molecule has 0 saturated carbocycles. The zero-order valence-corrected chi connectivity index (χ0v) is 14.8. The third kappa shape index (κ3) is 3.13. The van der Waals surface area contributed by atoms with Crippen molar-refractivity contribution in [3.8, 4) is 17.1 Å². The second-order valence-electron chi connectivity index (χ2n) is 6.09. The van der Waals surface area contributed by atoms with Crippen LogP contribution in [0.15, 0.2) is 30.3 Å². The van der Waals surface area contributed by atoms with Gasteiger partial charge >= 0.3 is 0 Å². The van der Waals surface area contributed by atoms with Gasteiger partial charge in [0.2, 0.25) is 5.82 Å². The molecule has 0 radical (unpaired) electrons. The predicted molar refractivity (Wildman–Crippen MR) is 95.0 cm³/mol. The molecule has 3 aromatic rings. The minimum atomic E-state index is -0.152. The van der Waals surface area contributed by atoms with E-state index in [0.29, 0.717) is 32.8 Å². The number of halogens is 1. The molecule has 6 nitrogen and oxygen atoms in total. The molecule has 0 fully saturated rings. The number of phenolic OH excluding ortho intramolecular Hbond substituents is 1. The first-order valence-electron chi connectivity index (χ1n) is 7.80. The number of nitrogens with zero attached hydrogens (tertiary/aromatic N) is 3. The molecule has 0 unspecified atom stereocenters. The fourth-order valence-corrected chi connectivity index (χ4v) is 2.89. The number of hydrogen-bond acceptors (Lipinski definition) is 5. The van der Waals surface area contributed by atoms with Crippen LogP contribution in [0.25, 0.3) is 11.4 Å². The van der Waals surface area contributed by atoms with Crippen LogP contribution in [0.5, 0.6) is 5.75 Å². The number of hydrogen-bond donors (Lipinski definition) is 2. The molecule has 0 spiro atoms. The van der Waals surface area contributed by atoms with Crippen molar-refractivity contribution in [3.63, 3.8) is 0 Å². The monoisotopic (exact) mass is 356 g/mol. The van der Waals surface area contributed by atoms with Gasteiger partial charge in [0.15, 0.2) is 5.78 Å². The Bertz CT molecular complexity index is 919. The summed E-state index contributed by atoms with van der Waals surface area (Å²) in [6.07, 6.45) is 0. The third-order valence-corrected chi connectivity index (χ3v) is 4.38. The topological polar surface area (TPSA) is 91.8 Å². The Morgan fingerprint density at radius 2 is 1.92 bits per heavy atom. The summed E-state index contributed by atoms with van der Waals surface area (Å²) in [7, 11) is 0. The Morgan fingerprint density at radius 3 is 2.48 bits per heavy atom. The maximum atomic E-state index is 13.0. The second-order valence-corrected chi connectivity index (χ2v) is 6.52. The molecule has 2 N–H and O–H groups in total. The van der Waals surface area contributed by atoms with E-state index in [4.69, 9.17) is 11.6 Å². The quantitative estimate of drug-likeness (QED) is 0.692. The number of rotatable bonds is 4. The van der Waals surface area contributed by atoms with Crippen molar-refractivity contribution in [3.05, 3.63) is 57.6 Å². The molecule has 3 rings (SSSR count). The number of tetrazole rings is 1. The van der Waals surface area contributed by atoms with E-state index in [1.54, 1.807) is 37.3 Å². The normalized spacial score (nSPS) is 11.1. The molecule has 128 valence electrons. The van der Waals surface area contributed by atoms with Crippen molar-refractivity contribution in [2.75, 3.05) is 0 Å². The first-order chi connectivity index (χ1) is 11.9. The summed E-state index contributed by atoms with van der Waals surface area (Å²) in [5, 5.41) is 25.1. The highest BCUT2D eigenvalue weighted by Crippen LogP contribution is 2.39. The number of nitrogens with one attached hydrogen (secondary N) is 1. The summed E-state index contributed by atoms with van der Waals surface area (Å²) in [4.78, 5) is 13.0. The first kappa shape index (κ1) is 17.1. The highest BCUT2D eigenvalue weighted by atomic mass is 35.5. The van der Waals surface area contributed by atoms with Gasteiger partial charge in [-0.15, -0.1) is 10.2 Å². The van der Waals surface area contributed by atoms with Crippen LogP contribution in [-0.4, -0.2) is 31.5 Å². The summed E-state index contributed by atoms with van der Waals surface area (Å²) >= 11 is 5.90. The number of H-pyrrole nitrogens is 1. The van der Waals surface area contributed by atoms with Gasteiger partial charge < -0.3 is 5.11 Å². The van der Waals surface area contributed by atoms with Crippen LogP contribution in [0, 0.1) is 6.92 Å².